The lowest BCUT2D eigenvalue weighted by atomic mass is 10.1. The van der Waals surface area contributed by atoms with Crippen LogP contribution < -0.4 is 4.74 Å². The van der Waals surface area contributed by atoms with Gasteiger partial charge in [-0.25, -0.2) is 0 Å². The second kappa shape index (κ2) is 8.27. The normalized spacial score (nSPS) is 14.9. The van der Waals surface area contributed by atoms with Crippen molar-refractivity contribution in [2.24, 2.45) is 0 Å². The predicted octanol–water partition coefficient (Wildman–Crippen LogP) is 3.81. The highest BCUT2D eigenvalue weighted by Crippen LogP contribution is 2.33. The summed E-state index contributed by atoms with van der Waals surface area (Å²) in [7, 11) is 0. The van der Waals surface area contributed by atoms with Crippen LogP contribution in [0.3, 0.4) is 0 Å². The van der Waals surface area contributed by atoms with E-state index in [-0.39, 0.29) is 18.4 Å². The standard InChI is InChI=1S/C21H14N2O3S/c1-2-11-23-20(24)19(27-21(23)25)12-15-7-5-6-10-18(15)26-14-17-9-4-3-8-16(17)13-22/h1,3-10,12H,11,14H2/b19-12-. The zero-order chi connectivity index (χ0) is 19.2. The molecule has 3 rings (SSSR count). The molecule has 2 aromatic carbocycles. The maximum atomic E-state index is 12.3. The Kier molecular flexibility index (Phi) is 5.61. The molecule has 132 valence electrons. The van der Waals surface area contributed by atoms with Crippen LogP contribution in [0.5, 0.6) is 5.75 Å². The second-order valence-electron chi connectivity index (χ2n) is 5.57. The van der Waals surface area contributed by atoms with Crippen molar-refractivity contribution in [3.63, 3.8) is 0 Å². The molecule has 0 N–H and O–H groups in total. The molecule has 0 spiro atoms. The third-order valence-electron chi connectivity index (χ3n) is 3.85. The van der Waals surface area contributed by atoms with Crippen LogP contribution in [0.15, 0.2) is 53.4 Å². The van der Waals surface area contributed by atoms with E-state index in [0.717, 1.165) is 22.2 Å². The fourth-order valence-corrected chi connectivity index (χ4v) is 3.34. The van der Waals surface area contributed by atoms with Crippen molar-refractivity contribution in [2.75, 3.05) is 6.54 Å². The number of terminal acetylenes is 1. The minimum absolute atomic E-state index is 0.0505. The van der Waals surface area contributed by atoms with Gasteiger partial charge in [0.15, 0.2) is 0 Å². The van der Waals surface area contributed by atoms with Crippen molar-refractivity contribution >= 4 is 29.0 Å². The lowest BCUT2D eigenvalue weighted by molar-refractivity contribution is -0.122. The molecule has 0 atom stereocenters. The number of amides is 2. The number of nitrogens with zero attached hydrogens (tertiary/aromatic N) is 2. The van der Waals surface area contributed by atoms with E-state index in [0.29, 0.717) is 21.8 Å². The summed E-state index contributed by atoms with van der Waals surface area (Å²) in [5, 5.41) is 8.79. The topological polar surface area (TPSA) is 70.4 Å². The largest absolute Gasteiger partial charge is 0.488 e. The van der Waals surface area contributed by atoms with E-state index in [1.165, 1.54) is 0 Å². The molecule has 27 heavy (non-hydrogen) atoms. The number of nitriles is 1. The first-order chi connectivity index (χ1) is 13.1. The third kappa shape index (κ3) is 4.03. The maximum absolute atomic E-state index is 12.3. The van der Waals surface area contributed by atoms with Crippen LogP contribution in [0.25, 0.3) is 6.08 Å². The SMILES string of the molecule is C#CCN1C(=O)S/C(=C\c2ccccc2OCc2ccccc2C#N)C1=O. The van der Waals surface area contributed by atoms with E-state index in [9.17, 15) is 14.9 Å². The number of ether oxygens (including phenoxy) is 1. The molecule has 1 heterocycles. The van der Waals surface area contributed by atoms with Gasteiger partial charge in [-0.2, -0.15) is 5.26 Å². The van der Waals surface area contributed by atoms with Crippen molar-refractivity contribution in [1.29, 1.82) is 5.26 Å². The summed E-state index contributed by atoms with van der Waals surface area (Å²) in [6.07, 6.45) is 6.82. The lowest BCUT2D eigenvalue weighted by Gasteiger charge is -2.10. The maximum Gasteiger partial charge on any atom is 0.294 e. The van der Waals surface area contributed by atoms with Gasteiger partial charge >= 0.3 is 0 Å². The lowest BCUT2D eigenvalue weighted by Crippen LogP contribution is -2.28. The highest BCUT2D eigenvalue weighted by atomic mass is 32.2. The molecule has 0 bridgehead atoms. The Hall–Kier alpha value is -3.48. The second-order valence-corrected chi connectivity index (χ2v) is 6.56. The number of para-hydroxylation sites is 1. The van der Waals surface area contributed by atoms with E-state index >= 15 is 0 Å². The van der Waals surface area contributed by atoms with E-state index in [1.807, 2.05) is 24.3 Å². The number of hydrogen-bond acceptors (Lipinski definition) is 5. The van der Waals surface area contributed by atoms with Crippen LogP contribution in [0.4, 0.5) is 4.79 Å². The molecule has 1 aliphatic heterocycles. The van der Waals surface area contributed by atoms with E-state index in [4.69, 9.17) is 11.2 Å². The Bertz CT molecular complexity index is 1010. The highest BCUT2D eigenvalue weighted by Gasteiger charge is 2.34. The van der Waals surface area contributed by atoms with Gasteiger partial charge in [0, 0.05) is 11.1 Å². The van der Waals surface area contributed by atoms with Crippen LogP contribution in [-0.2, 0) is 11.4 Å². The summed E-state index contributed by atoms with van der Waals surface area (Å²) >= 11 is 0.850. The Morgan fingerprint density at radius 3 is 2.67 bits per heavy atom. The van der Waals surface area contributed by atoms with Crippen LogP contribution in [0.1, 0.15) is 16.7 Å². The highest BCUT2D eigenvalue weighted by molar-refractivity contribution is 8.18. The Balaban J connectivity index is 1.83. The summed E-state index contributed by atoms with van der Waals surface area (Å²) in [4.78, 5) is 25.6. The number of thioether (sulfide) groups is 1. The number of imide groups is 1. The molecule has 0 aromatic heterocycles. The first kappa shape index (κ1) is 18.3. The molecule has 0 saturated carbocycles. The molecule has 5 nitrogen and oxygen atoms in total. The smallest absolute Gasteiger partial charge is 0.294 e. The van der Waals surface area contributed by atoms with E-state index < -0.39 is 5.91 Å². The van der Waals surface area contributed by atoms with Crippen molar-refractivity contribution in [3.05, 3.63) is 70.1 Å². The summed E-state index contributed by atoms with van der Waals surface area (Å²) in [5.74, 6) is 2.45. The van der Waals surface area contributed by atoms with Crippen LogP contribution in [0.2, 0.25) is 0 Å². The number of carbonyl (C=O) groups is 2. The van der Waals surface area contributed by atoms with Crippen molar-refractivity contribution in [2.45, 2.75) is 6.61 Å². The van der Waals surface area contributed by atoms with Crippen molar-refractivity contribution < 1.29 is 14.3 Å². The number of hydrogen-bond donors (Lipinski definition) is 0. The van der Waals surface area contributed by atoms with Crippen molar-refractivity contribution in [1.82, 2.24) is 4.90 Å². The number of rotatable bonds is 5. The van der Waals surface area contributed by atoms with E-state index in [2.05, 4.69) is 12.0 Å². The van der Waals surface area contributed by atoms with Crippen LogP contribution in [0, 0.1) is 23.7 Å². The molecule has 1 fully saturated rings. The zero-order valence-electron chi connectivity index (χ0n) is 14.2. The molecule has 1 saturated heterocycles. The summed E-state index contributed by atoms with van der Waals surface area (Å²) in [6, 6.07) is 16.5. The average Bonchev–Trinajstić information content (AvgIpc) is 2.95. The third-order valence-corrected chi connectivity index (χ3v) is 4.76. The quantitative estimate of drug-likeness (QED) is 0.588. The fourth-order valence-electron chi connectivity index (χ4n) is 2.51. The van der Waals surface area contributed by atoms with Gasteiger partial charge < -0.3 is 4.74 Å². The van der Waals surface area contributed by atoms with Crippen LogP contribution >= 0.6 is 11.8 Å². The minimum Gasteiger partial charge on any atom is -0.488 e. The van der Waals surface area contributed by atoms with Gasteiger partial charge in [-0.05, 0) is 30.0 Å². The molecule has 0 aliphatic carbocycles. The molecular weight excluding hydrogens is 360 g/mol. The first-order valence-corrected chi connectivity index (χ1v) is 8.84. The Labute approximate surface area is 161 Å². The summed E-state index contributed by atoms with van der Waals surface area (Å²) in [5.41, 5.74) is 1.98. The Morgan fingerprint density at radius 2 is 1.89 bits per heavy atom. The van der Waals surface area contributed by atoms with E-state index in [1.54, 1.807) is 30.3 Å². The average molecular weight is 374 g/mol. The molecule has 0 radical (unpaired) electrons. The van der Waals surface area contributed by atoms with Crippen LogP contribution in [-0.4, -0.2) is 22.6 Å². The monoisotopic (exact) mass is 374 g/mol. The zero-order valence-corrected chi connectivity index (χ0v) is 15.0. The molecule has 0 unspecified atom stereocenters. The van der Waals surface area contributed by atoms with Gasteiger partial charge in [0.25, 0.3) is 11.1 Å². The number of benzene rings is 2. The van der Waals surface area contributed by atoms with Gasteiger partial charge in [-0.3, -0.25) is 14.5 Å². The molecular formula is C21H14N2O3S. The fraction of sp³-hybridized carbons (Fsp3) is 0.0952. The number of carbonyl (C=O) groups excluding carboxylic acids is 2. The van der Waals surface area contributed by atoms with Gasteiger partial charge in [0.2, 0.25) is 0 Å². The first-order valence-electron chi connectivity index (χ1n) is 8.02. The molecule has 1 aliphatic rings. The summed E-state index contributed by atoms with van der Waals surface area (Å²) < 4.78 is 5.87. The van der Waals surface area contributed by atoms with Gasteiger partial charge in [-0.1, -0.05) is 42.3 Å². The van der Waals surface area contributed by atoms with Gasteiger partial charge in [0.05, 0.1) is 23.1 Å². The predicted molar refractivity (Wildman–Crippen MR) is 103 cm³/mol. The van der Waals surface area contributed by atoms with Gasteiger partial charge in [0.1, 0.15) is 12.4 Å². The minimum atomic E-state index is -0.410. The Morgan fingerprint density at radius 1 is 1.15 bits per heavy atom. The molecule has 6 heteroatoms. The molecule has 2 aromatic rings. The summed E-state index contributed by atoms with van der Waals surface area (Å²) in [6.45, 7) is 0.165. The molecule has 2 amide bonds. The van der Waals surface area contributed by atoms with Gasteiger partial charge in [-0.15, -0.1) is 6.42 Å². The van der Waals surface area contributed by atoms with Crippen molar-refractivity contribution in [3.8, 4) is 24.2 Å².